The second-order valence-electron chi connectivity index (χ2n) is 18.7. The molecule has 0 radical (unpaired) electrons. The molecule has 0 bridgehead atoms. The standard InChI is InChI=1S/C48H70N10O16/c59-39(27-55-15-17-56(28-41(62)63)19-21-58(30-43(66)67)22-20-57(18-16-55)29-42(64)65)51-25-31-8-10-32(11-9-31)44(68)52-38(24-35-23-33-5-1-2-6-34(33)26-50-35)45(69)49-14-4-3-7-36(46(70)71)53-48(74)54-37(47(72)73)12-13-40(60)61/h1-2,5-6,23,26,31-32,36-38H,3-4,7-22,24-25,27-30H2,(H,49,69)(H,51,59)(H,52,68)(H,60,61)(H,62,63)(H,64,65)(H,66,67)(H,70,71)(H,72,73)(H2,53,54,74)/t31?,32?,36-,37-,38-/m0/s1. The van der Waals surface area contributed by atoms with Gasteiger partial charge in [0.2, 0.25) is 17.7 Å². The minimum atomic E-state index is -1.56. The molecule has 26 nitrogen and oxygen atoms in total. The molecule has 1 saturated heterocycles. The normalized spacial score (nSPS) is 18.8. The van der Waals surface area contributed by atoms with Gasteiger partial charge in [-0.2, -0.15) is 0 Å². The van der Waals surface area contributed by atoms with E-state index in [0.717, 1.165) is 10.8 Å². The molecule has 26 heteroatoms. The van der Waals surface area contributed by atoms with Crippen LogP contribution in [-0.4, -0.2) is 225 Å². The van der Waals surface area contributed by atoms with Crippen molar-refractivity contribution in [2.24, 2.45) is 11.8 Å². The highest BCUT2D eigenvalue weighted by molar-refractivity contribution is 5.89. The molecule has 5 amide bonds. The number of aliphatic carboxylic acids is 6. The van der Waals surface area contributed by atoms with Crippen LogP contribution in [-0.2, 0) is 49.6 Å². The fourth-order valence-corrected chi connectivity index (χ4v) is 8.83. The molecule has 1 aliphatic heterocycles. The van der Waals surface area contributed by atoms with E-state index in [-0.39, 0.29) is 115 Å². The summed E-state index contributed by atoms with van der Waals surface area (Å²) in [5, 5.41) is 71.1. The van der Waals surface area contributed by atoms with Gasteiger partial charge in [-0.25, -0.2) is 14.4 Å². The number of nitrogens with one attached hydrogen (secondary N) is 5. The summed E-state index contributed by atoms with van der Waals surface area (Å²) < 4.78 is 0. The molecule has 1 aliphatic carbocycles. The van der Waals surface area contributed by atoms with Gasteiger partial charge in [0.05, 0.1) is 26.2 Å². The Kier molecular flexibility index (Phi) is 24.8. The minimum Gasteiger partial charge on any atom is -0.481 e. The number of benzene rings is 1. The van der Waals surface area contributed by atoms with Crippen LogP contribution in [0.4, 0.5) is 4.79 Å². The number of urea groups is 1. The fourth-order valence-electron chi connectivity index (χ4n) is 8.83. The van der Waals surface area contributed by atoms with E-state index in [2.05, 4.69) is 31.6 Å². The van der Waals surface area contributed by atoms with Gasteiger partial charge in [0.1, 0.15) is 18.1 Å². The lowest BCUT2D eigenvalue weighted by Crippen LogP contribution is -2.51. The predicted octanol–water partition coefficient (Wildman–Crippen LogP) is -0.983. The molecule has 2 aliphatic rings. The molecule has 4 rings (SSSR count). The van der Waals surface area contributed by atoms with Gasteiger partial charge in [0.25, 0.3) is 0 Å². The molecule has 1 aromatic carbocycles. The van der Waals surface area contributed by atoms with Crippen LogP contribution in [0.25, 0.3) is 10.8 Å². The number of carboxylic acid groups (broad SMARTS) is 6. The van der Waals surface area contributed by atoms with Crippen molar-refractivity contribution in [3.8, 4) is 0 Å². The lowest BCUT2D eigenvalue weighted by molar-refractivity contribution is -0.141. The second-order valence-corrected chi connectivity index (χ2v) is 18.7. The largest absolute Gasteiger partial charge is 0.481 e. The average molecular weight is 1040 g/mol. The van der Waals surface area contributed by atoms with E-state index >= 15 is 0 Å². The first-order chi connectivity index (χ1) is 35.2. The van der Waals surface area contributed by atoms with Crippen LogP contribution in [0.15, 0.2) is 36.5 Å². The molecular weight excluding hydrogens is 973 g/mol. The van der Waals surface area contributed by atoms with E-state index in [4.69, 9.17) is 5.11 Å². The third kappa shape index (κ3) is 22.4. The van der Waals surface area contributed by atoms with E-state index in [1.165, 1.54) is 0 Å². The number of hydrogen-bond donors (Lipinski definition) is 11. The van der Waals surface area contributed by atoms with Gasteiger partial charge in [-0.15, -0.1) is 0 Å². The maximum absolute atomic E-state index is 13.8. The summed E-state index contributed by atoms with van der Waals surface area (Å²) in [6.07, 6.45) is 3.38. The van der Waals surface area contributed by atoms with E-state index in [1.807, 2.05) is 35.2 Å². The first kappa shape index (κ1) is 59.5. The minimum absolute atomic E-state index is 0.0334. The zero-order valence-electron chi connectivity index (χ0n) is 41.3. The average Bonchev–Trinajstić information content (AvgIpc) is 3.34. The zero-order chi connectivity index (χ0) is 54.2. The third-order valence-electron chi connectivity index (χ3n) is 13.0. The van der Waals surface area contributed by atoms with Gasteiger partial charge >= 0.3 is 41.8 Å². The summed E-state index contributed by atoms with van der Waals surface area (Å²) in [5.74, 6) is -8.79. The molecule has 2 aromatic rings. The number of hydrogen-bond acceptors (Lipinski definition) is 15. The first-order valence-corrected chi connectivity index (χ1v) is 24.7. The van der Waals surface area contributed by atoms with Crippen LogP contribution < -0.4 is 26.6 Å². The Morgan fingerprint density at radius 2 is 1.07 bits per heavy atom. The number of amides is 5. The Bertz CT molecular complexity index is 2230. The topological polar surface area (TPSA) is 378 Å². The number of unbranched alkanes of at least 4 members (excludes halogenated alkanes) is 1. The van der Waals surface area contributed by atoms with Crippen molar-refractivity contribution in [1.29, 1.82) is 0 Å². The smallest absolute Gasteiger partial charge is 0.326 e. The molecular formula is C48H70N10O16. The Morgan fingerprint density at radius 1 is 0.568 bits per heavy atom. The molecule has 0 spiro atoms. The zero-order valence-corrected chi connectivity index (χ0v) is 41.3. The molecule has 2 fully saturated rings. The van der Waals surface area contributed by atoms with Crippen molar-refractivity contribution in [1.82, 2.24) is 51.2 Å². The van der Waals surface area contributed by atoms with Crippen LogP contribution in [0.1, 0.15) is 63.5 Å². The molecule has 408 valence electrons. The molecule has 0 unspecified atom stereocenters. The highest BCUT2D eigenvalue weighted by atomic mass is 16.4. The summed E-state index contributed by atoms with van der Waals surface area (Å²) >= 11 is 0. The van der Waals surface area contributed by atoms with Crippen molar-refractivity contribution in [2.45, 2.75) is 82.3 Å². The van der Waals surface area contributed by atoms with Crippen molar-refractivity contribution in [2.75, 3.05) is 91.6 Å². The van der Waals surface area contributed by atoms with Gasteiger partial charge in [0, 0.05) is 101 Å². The molecule has 1 saturated carbocycles. The Labute approximate surface area is 427 Å². The Balaban J connectivity index is 1.30. The predicted molar refractivity (Wildman–Crippen MR) is 263 cm³/mol. The number of fused-ring (bicyclic) bond motifs is 1. The Hall–Kier alpha value is -7.03. The van der Waals surface area contributed by atoms with E-state index in [9.17, 15) is 73.5 Å². The third-order valence-corrected chi connectivity index (χ3v) is 13.0. The number of carboxylic acids is 6. The van der Waals surface area contributed by atoms with Crippen LogP contribution in [0.3, 0.4) is 0 Å². The first-order valence-electron chi connectivity index (χ1n) is 24.7. The quantitative estimate of drug-likeness (QED) is 0.0479. The Morgan fingerprint density at radius 3 is 1.57 bits per heavy atom. The highest BCUT2D eigenvalue weighted by Gasteiger charge is 2.31. The van der Waals surface area contributed by atoms with Crippen LogP contribution in [0.2, 0.25) is 0 Å². The molecule has 3 atom stereocenters. The lowest BCUT2D eigenvalue weighted by atomic mass is 9.81. The lowest BCUT2D eigenvalue weighted by Gasteiger charge is -2.33. The molecule has 1 aromatic heterocycles. The van der Waals surface area contributed by atoms with Crippen LogP contribution in [0.5, 0.6) is 0 Å². The summed E-state index contributed by atoms with van der Waals surface area (Å²) in [6, 6.07) is 4.27. The monoisotopic (exact) mass is 1040 g/mol. The van der Waals surface area contributed by atoms with Crippen LogP contribution in [0, 0.1) is 11.8 Å². The number of aromatic nitrogens is 1. The summed E-state index contributed by atoms with van der Waals surface area (Å²) in [6.45, 7) is 1.66. The SMILES string of the molecule is O=C(O)CC[C@H](NC(=O)N[C@@H](CCCCNC(=O)[C@H](Cc1cc2ccccc2cn1)NC(=O)C1CCC(CNC(=O)CN2CCN(CC(=O)O)CCN(CC(=O)O)CCN(CC(=O)O)CC2)CC1)C(=O)O)C(=O)O. The molecule has 74 heavy (non-hydrogen) atoms. The van der Waals surface area contributed by atoms with E-state index in [1.54, 1.807) is 20.9 Å². The second kappa shape index (κ2) is 30.9. The maximum atomic E-state index is 13.8. The fraction of sp³-hybridized carbons (Fsp3) is 0.604. The maximum Gasteiger partial charge on any atom is 0.326 e. The molecule has 2 heterocycles. The van der Waals surface area contributed by atoms with Gasteiger partial charge in [-0.3, -0.25) is 58.1 Å². The highest BCUT2D eigenvalue weighted by Crippen LogP contribution is 2.29. The van der Waals surface area contributed by atoms with Crippen molar-refractivity contribution >= 4 is 70.3 Å². The van der Waals surface area contributed by atoms with Gasteiger partial charge in [-0.05, 0) is 68.7 Å². The number of carbonyl (C=O) groups is 10. The summed E-state index contributed by atoms with van der Waals surface area (Å²) in [5.41, 5.74) is 0.553. The van der Waals surface area contributed by atoms with Crippen molar-refractivity contribution in [3.05, 3.63) is 42.2 Å². The van der Waals surface area contributed by atoms with E-state index < -0.39 is 84.6 Å². The number of pyridine rings is 1. The van der Waals surface area contributed by atoms with Crippen molar-refractivity contribution < 1.29 is 78.6 Å². The van der Waals surface area contributed by atoms with Gasteiger partial charge in [-0.1, -0.05) is 24.3 Å². The summed E-state index contributed by atoms with van der Waals surface area (Å²) in [7, 11) is 0. The van der Waals surface area contributed by atoms with Gasteiger partial charge < -0.3 is 57.2 Å². The molecule has 11 N–H and O–H groups in total. The van der Waals surface area contributed by atoms with E-state index in [0.29, 0.717) is 51.0 Å². The number of rotatable bonds is 27. The van der Waals surface area contributed by atoms with Crippen LogP contribution >= 0.6 is 0 Å². The van der Waals surface area contributed by atoms with Crippen molar-refractivity contribution in [3.63, 3.8) is 0 Å². The number of nitrogens with zero attached hydrogens (tertiary/aromatic N) is 5. The number of carbonyl (C=O) groups excluding carboxylic acids is 4. The summed E-state index contributed by atoms with van der Waals surface area (Å²) in [4.78, 5) is 134. The van der Waals surface area contributed by atoms with Gasteiger partial charge in [0.15, 0.2) is 0 Å².